The summed E-state index contributed by atoms with van der Waals surface area (Å²) in [5.74, 6) is 0.673. The molecular formula is C13H18N2O3. The van der Waals surface area contributed by atoms with Gasteiger partial charge in [0.15, 0.2) is 11.5 Å². The molecule has 1 atom stereocenters. The van der Waals surface area contributed by atoms with Crippen molar-refractivity contribution in [1.82, 2.24) is 10.3 Å². The predicted octanol–water partition coefficient (Wildman–Crippen LogP) is 0.622. The maximum absolute atomic E-state index is 9.16. The van der Waals surface area contributed by atoms with Gasteiger partial charge in [0.1, 0.15) is 5.52 Å². The number of benzene rings is 1. The van der Waals surface area contributed by atoms with Crippen molar-refractivity contribution >= 4 is 11.1 Å². The van der Waals surface area contributed by atoms with Gasteiger partial charge in [0.25, 0.3) is 0 Å². The van der Waals surface area contributed by atoms with Crippen molar-refractivity contribution in [2.45, 2.75) is 19.4 Å². The third kappa shape index (κ3) is 3.29. The Kier molecular flexibility index (Phi) is 4.30. The molecule has 1 aromatic heterocycles. The summed E-state index contributed by atoms with van der Waals surface area (Å²) in [4.78, 5) is 4.24. The first-order valence-electron chi connectivity index (χ1n) is 6.05. The molecule has 1 heterocycles. The number of oxazole rings is 1. The summed E-state index contributed by atoms with van der Waals surface area (Å²) < 4.78 is 5.47. The molecule has 0 spiro atoms. The van der Waals surface area contributed by atoms with Crippen LogP contribution in [0.1, 0.15) is 11.5 Å². The smallest absolute Gasteiger partial charge is 0.192 e. The van der Waals surface area contributed by atoms with Crippen molar-refractivity contribution in [2.24, 2.45) is 0 Å². The molecule has 1 aromatic carbocycles. The maximum atomic E-state index is 9.16. The second kappa shape index (κ2) is 5.95. The van der Waals surface area contributed by atoms with Crippen molar-refractivity contribution in [1.29, 1.82) is 0 Å². The van der Waals surface area contributed by atoms with Gasteiger partial charge in [0, 0.05) is 13.5 Å². The van der Waals surface area contributed by atoms with Crippen LogP contribution in [0.25, 0.3) is 11.1 Å². The van der Waals surface area contributed by atoms with Crippen LogP contribution in [0.2, 0.25) is 0 Å². The number of fused-ring (bicyclic) bond motifs is 1. The van der Waals surface area contributed by atoms with Gasteiger partial charge in [-0.05, 0) is 30.7 Å². The summed E-state index contributed by atoms with van der Waals surface area (Å²) in [6.07, 6.45) is 0.151. The van der Waals surface area contributed by atoms with Crippen LogP contribution in [0.15, 0.2) is 22.6 Å². The van der Waals surface area contributed by atoms with Gasteiger partial charge in [-0.1, -0.05) is 6.07 Å². The van der Waals surface area contributed by atoms with Gasteiger partial charge in [-0.3, -0.25) is 0 Å². The fraction of sp³-hybridized carbons (Fsp3) is 0.462. The Hall–Kier alpha value is -1.43. The lowest BCUT2D eigenvalue weighted by atomic mass is 10.1. The Labute approximate surface area is 105 Å². The van der Waals surface area contributed by atoms with Crippen molar-refractivity contribution in [3.63, 3.8) is 0 Å². The fourth-order valence-electron chi connectivity index (χ4n) is 1.81. The highest BCUT2D eigenvalue weighted by molar-refractivity contribution is 5.73. The minimum Gasteiger partial charge on any atom is -0.441 e. The lowest BCUT2D eigenvalue weighted by Crippen LogP contribution is -2.30. The molecule has 0 radical (unpaired) electrons. The topological polar surface area (TPSA) is 78.5 Å². The monoisotopic (exact) mass is 250 g/mol. The molecule has 18 heavy (non-hydrogen) atoms. The number of rotatable bonds is 6. The minimum atomic E-state index is -0.690. The first kappa shape index (κ1) is 13.0. The second-order valence-electron chi connectivity index (χ2n) is 4.33. The Morgan fingerprint density at radius 2 is 2.28 bits per heavy atom. The van der Waals surface area contributed by atoms with Crippen molar-refractivity contribution < 1.29 is 14.6 Å². The molecule has 0 saturated heterocycles. The summed E-state index contributed by atoms with van der Waals surface area (Å²) in [6.45, 7) is 2.77. The summed E-state index contributed by atoms with van der Waals surface area (Å²) in [5.41, 5.74) is 2.84. The zero-order chi connectivity index (χ0) is 13.0. The zero-order valence-corrected chi connectivity index (χ0v) is 10.4. The summed E-state index contributed by atoms with van der Waals surface area (Å²) in [6, 6.07) is 5.96. The predicted molar refractivity (Wildman–Crippen MR) is 68.4 cm³/mol. The van der Waals surface area contributed by atoms with E-state index in [1.807, 2.05) is 25.1 Å². The molecule has 0 fully saturated rings. The lowest BCUT2D eigenvalue weighted by Gasteiger charge is -2.08. The SMILES string of the molecule is Cc1nc2ccc(CCNCC(O)CO)cc2o1. The number of aliphatic hydroxyl groups excluding tert-OH is 2. The first-order valence-corrected chi connectivity index (χ1v) is 6.05. The van der Waals surface area contributed by atoms with Gasteiger partial charge in [-0.25, -0.2) is 4.98 Å². The van der Waals surface area contributed by atoms with Gasteiger partial charge in [0.05, 0.1) is 12.7 Å². The highest BCUT2D eigenvalue weighted by Crippen LogP contribution is 2.16. The molecule has 98 valence electrons. The highest BCUT2D eigenvalue weighted by Gasteiger charge is 2.04. The van der Waals surface area contributed by atoms with Crippen LogP contribution in [0.5, 0.6) is 0 Å². The number of aliphatic hydroxyl groups is 2. The van der Waals surface area contributed by atoms with Crippen LogP contribution in [0.4, 0.5) is 0 Å². The van der Waals surface area contributed by atoms with E-state index in [4.69, 9.17) is 14.6 Å². The molecule has 3 N–H and O–H groups in total. The van der Waals surface area contributed by atoms with Crippen LogP contribution in [-0.2, 0) is 6.42 Å². The van der Waals surface area contributed by atoms with E-state index >= 15 is 0 Å². The largest absolute Gasteiger partial charge is 0.441 e. The van der Waals surface area contributed by atoms with Crippen molar-refractivity contribution in [2.75, 3.05) is 19.7 Å². The van der Waals surface area contributed by atoms with E-state index < -0.39 is 6.10 Å². The van der Waals surface area contributed by atoms with E-state index in [0.29, 0.717) is 12.4 Å². The van der Waals surface area contributed by atoms with Crippen molar-refractivity contribution in [3.8, 4) is 0 Å². The molecule has 0 saturated carbocycles. The molecule has 2 rings (SSSR count). The van der Waals surface area contributed by atoms with Gasteiger partial charge in [-0.2, -0.15) is 0 Å². The molecule has 0 aliphatic rings. The Bertz CT molecular complexity index is 510. The van der Waals surface area contributed by atoms with E-state index in [1.54, 1.807) is 0 Å². The van der Waals surface area contributed by atoms with Gasteiger partial charge in [-0.15, -0.1) is 0 Å². The summed E-state index contributed by atoms with van der Waals surface area (Å²) in [7, 11) is 0. The third-order valence-corrected chi connectivity index (χ3v) is 2.74. The Morgan fingerprint density at radius 1 is 1.44 bits per heavy atom. The van der Waals surface area contributed by atoms with E-state index in [9.17, 15) is 0 Å². The quantitative estimate of drug-likeness (QED) is 0.655. The molecular weight excluding hydrogens is 232 g/mol. The van der Waals surface area contributed by atoms with Crippen LogP contribution in [0.3, 0.4) is 0 Å². The number of nitrogens with one attached hydrogen (secondary N) is 1. The average Bonchev–Trinajstić information content (AvgIpc) is 2.73. The third-order valence-electron chi connectivity index (χ3n) is 2.74. The first-order chi connectivity index (χ1) is 8.69. The molecule has 0 aliphatic heterocycles. The van der Waals surface area contributed by atoms with E-state index in [2.05, 4.69) is 10.3 Å². The van der Waals surface area contributed by atoms with Crippen LogP contribution in [0, 0.1) is 6.92 Å². The van der Waals surface area contributed by atoms with E-state index in [0.717, 1.165) is 29.6 Å². The van der Waals surface area contributed by atoms with Gasteiger partial charge < -0.3 is 19.9 Å². The van der Waals surface area contributed by atoms with Crippen LogP contribution in [-0.4, -0.2) is 41.0 Å². The second-order valence-corrected chi connectivity index (χ2v) is 4.33. The summed E-state index contributed by atoms with van der Waals surface area (Å²) in [5, 5.41) is 20.9. The van der Waals surface area contributed by atoms with Crippen LogP contribution >= 0.6 is 0 Å². The highest BCUT2D eigenvalue weighted by atomic mass is 16.3. The van der Waals surface area contributed by atoms with Crippen LogP contribution < -0.4 is 5.32 Å². The normalized spacial score (nSPS) is 13.1. The molecule has 1 unspecified atom stereocenters. The number of hydrogen-bond donors (Lipinski definition) is 3. The Morgan fingerprint density at radius 3 is 3.06 bits per heavy atom. The zero-order valence-electron chi connectivity index (χ0n) is 10.4. The average molecular weight is 250 g/mol. The summed E-state index contributed by atoms with van der Waals surface area (Å²) >= 11 is 0. The van der Waals surface area contributed by atoms with E-state index in [-0.39, 0.29) is 6.61 Å². The van der Waals surface area contributed by atoms with Gasteiger partial charge in [0.2, 0.25) is 0 Å². The number of aryl methyl sites for hydroxylation is 1. The molecule has 5 nitrogen and oxygen atoms in total. The van der Waals surface area contributed by atoms with Crippen molar-refractivity contribution in [3.05, 3.63) is 29.7 Å². The Balaban J connectivity index is 1.87. The number of hydrogen-bond acceptors (Lipinski definition) is 5. The molecule has 0 aliphatic carbocycles. The standard InChI is InChI=1S/C13H18N2O3/c1-9-15-12-3-2-10(6-13(12)18-9)4-5-14-7-11(17)8-16/h2-3,6,11,14,16-17H,4-5,7-8H2,1H3. The molecule has 0 bridgehead atoms. The number of nitrogens with zero attached hydrogens (tertiary/aromatic N) is 1. The van der Waals surface area contributed by atoms with E-state index in [1.165, 1.54) is 0 Å². The lowest BCUT2D eigenvalue weighted by molar-refractivity contribution is 0.0947. The maximum Gasteiger partial charge on any atom is 0.192 e. The molecule has 2 aromatic rings. The fourth-order valence-corrected chi connectivity index (χ4v) is 1.81. The molecule has 5 heteroatoms. The van der Waals surface area contributed by atoms with Gasteiger partial charge >= 0.3 is 0 Å². The molecule has 0 amide bonds. The minimum absolute atomic E-state index is 0.212. The number of aromatic nitrogens is 1.